The lowest BCUT2D eigenvalue weighted by Gasteiger charge is -2.31. The van der Waals surface area contributed by atoms with Gasteiger partial charge >= 0.3 is 0 Å². The molecule has 1 aliphatic heterocycles. The van der Waals surface area contributed by atoms with E-state index in [-0.39, 0.29) is 17.7 Å². The van der Waals surface area contributed by atoms with Crippen molar-refractivity contribution in [2.24, 2.45) is 5.92 Å². The number of hydrogen-bond donors (Lipinski definition) is 1. The van der Waals surface area contributed by atoms with Gasteiger partial charge in [-0.15, -0.1) is 0 Å². The molecule has 0 radical (unpaired) electrons. The normalized spacial score (nSPS) is 15.3. The minimum Gasteiger partial charge on any atom is -0.359 e. The second-order valence-electron chi connectivity index (χ2n) is 5.90. The van der Waals surface area contributed by atoms with Crippen molar-refractivity contribution in [1.29, 1.82) is 0 Å². The minimum atomic E-state index is -0.0152. The fourth-order valence-corrected chi connectivity index (χ4v) is 2.90. The summed E-state index contributed by atoms with van der Waals surface area (Å²) in [7, 11) is 1.65. The van der Waals surface area contributed by atoms with Crippen LogP contribution in [0, 0.1) is 12.8 Å². The Morgan fingerprint density at radius 1 is 1.21 bits per heavy atom. The van der Waals surface area contributed by atoms with E-state index in [2.05, 4.69) is 15.5 Å². The highest BCUT2D eigenvalue weighted by Crippen LogP contribution is 2.21. The van der Waals surface area contributed by atoms with Gasteiger partial charge in [0.1, 0.15) is 0 Å². The minimum absolute atomic E-state index is 0.00203. The molecule has 0 atom stereocenters. The second kappa shape index (κ2) is 6.82. The molecule has 1 saturated heterocycles. The third kappa shape index (κ3) is 3.29. The molecule has 3 rings (SSSR count). The number of carbonyl (C=O) groups is 2. The highest BCUT2D eigenvalue weighted by Gasteiger charge is 2.27. The smallest absolute Gasteiger partial charge is 0.257 e. The number of nitrogens with zero attached hydrogens (tertiary/aromatic N) is 3. The highest BCUT2D eigenvalue weighted by atomic mass is 16.5. The Morgan fingerprint density at radius 3 is 2.42 bits per heavy atom. The summed E-state index contributed by atoms with van der Waals surface area (Å²) in [6.45, 7) is 2.95. The summed E-state index contributed by atoms with van der Waals surface area (Å²) in [6.07, 6.45) is 1.40. The lowest BCUT2D eigenvalue weighted by Crippen LogP contribution is -2.42. The first-order valence-corrected chi connectivity index (χ1v) is 8.00. The number of rotatable bonds is 3. The fraction of sp³-hybridized carbons (Fsp3) is 0.412. The largest absolute Gasteiger partial charge is 0.359 e. The summed E-state index contributed by atoms with van der Waals surface area (Å²) >= 11 is 0. The first-order chi connectivity index (χ1) is 11.6. The number of amides is 2. The van der Waals surface area contributed by atoms with Gasteiger partial charge in [0.15, 0.2) is 5.82 Å². The van der Waals surface area contributed by atoms with Crippen LogP contribution in [0.3, 0.4) is 0 Å². The van der Waals surface area contributed by atoms with E-state index in [9.17, 15) is 9.59 Å². The van der Waals surface area contributed by atoms with Crippen LogP contribution < -0.4 is 5.32 Å². The van der Waals surface area contributed by atoms with Crippen molar-refractivity contribution in [2.75, 3.05) is 20.1 Å². The van der Waals surface area contributed by atoms with Crippen LogP contribution in [0.15, 0.2) is 28.8 Å². The first-order valence-electron chi connectivity index (χ1n) is 8.00. The van der Waals surface area contributed by atoms with Crippen molar-refractivity contribution in [3.63, 3.8) is 0 Å². The van der Waals surface area contributed by atoms with Gasteiger partial charge in [0, 0.05) is 37.2 Å². The molecule has 0 spiro atoms. The van der Waals surface area contributed by atoms with E-state index < -0.39 is 0 Å². The number of benzene rings is 1. The van der Waals surface area contributed by atoms with Gasteiger partial charge in [-0.05, 0) is 44.0 Å². The highest BCUT2D eigenvalue weighted by molar-refractivity contribution is 5.94. The van der Waals surface area contributed by atoms with Gasteiger partial charge in [0.2, 0.25) is 5.91 Å². The van der Waals surface area contributed by atoms with E-state index in [1.54, 1.807) is 43.1 Å². The molecule has 0 saturated carbocycles. The Balaban J connectivity index is 1.64. The van der Waals surface area contributed by atoms with Crippen LogP contribution >= 0.6 is 0 Å². The summed E-state index contributed by atoms with van der Waals surface area (Å²) in [5.41, 5.74) is 1.40. The van der Waals surface area contributed by atoms with Crippen molar-refractivity contribution in [1.82, 2.24) is 20.4 Å². The predicted molar refractivity (Wildman–Crippen MR) is 87.2 cm³/mol. The third-order valence-corrected chi connectivity index (χ3v) is 4.31. The number of aromatic nitrogens is 2. The number of likely N-dealkylation sites (tertiary alicyclic amines) is 1. The molecule has 24 heavy (non-hydrogen) atoms. The summed E-state index contributed by atoms with van der Waals surface area (Å²) in [5, 5.41) is 6.43. The molecule has 126 valence electrons. The molecular weight excluding hydrogens is 308 g/mol. The molecule has 7 nitrogen and oxygen atoms in total. The summed E-state index contributed by atoms with van der Waals surface area (Å²) in [6, 6.07) is 7.14. The lowest BCUT2D eigenvalue weighted by molar-refractivity contribution is -0.125. The van der Waals surface area contributed by atoms with Gasteiger partial charge in [-0.1, -0.05) is 5.16 Å². The van der Waals surface area contributed by atoms with Crippen molar-refractivity contribution in [3.05, 3.63) is 35.7 Å². The van der Waals surface area contributed by atoms with Gasteiger partial charge in [-0.2, -0.15) is 4.98 Å². The zero-order valence-corrected chi connectivity index (χ0v) is 13.8. The first kappa shape index (κ1) is 16.2. The number of nitrogens with one attached hydrogen (secondary N) is 1. The molecule has 7 heteroatoms. The van der Waals surface area contributed by atoms with Crippen LogP contribution in [0.1, 0.15) is 29.0 Å². The molecule has 0 unspecified atom stereocenters. The van der Waals surface area contributed by atoms with Gasteiger partial charge in [0.05, 0.1) is 0 Å². The van der Waals surface area contributed by atoms with Crippen LogP contribution in [-0.2, 0) is 4.79 Å². The molecular formula is C17H20N4O3. The Kier molecular flexibility index (Phi) is 4.59. The summed E-state index contributed by atoms with van der Waals surface area (Å²) in [4.78, 5) is 30.2. The van der Waals surface area contributed by atoms with Crippen molar-refractivity contribution in [3.8, 4) is 11.5 Å². The third-order valence-electron chi connectivity index (χ3n) is 4.31. The lowest BCUT2D eigenvalue weighted by atomic mass is 9.95. The molecule has 1 aromatic heterocycles. The number of piperidine rings is 1. The Hall–Kier alpha value is -2.70. The zero-order valence-electron chi connectivity index (χ0n) is 13.8. The van der Waals surface area contributed by atoms with Crippen LogP contribution in [0.2, 0.25) is 0 Å². The molecule has 2 heterocycles. The Labute approximate surface area is 140 Å². The second-order valence-corrected chi connectivity index (χ2v) is 5.90. The Bertz CT molecular complexity index is 731. The van der Waals surface area contributed by atoms with E-state index in [1.165, 1.54) is 0 Å². The van der Waals surface area contributed by atoms with Crippen LogP contribution in [0.5, 0.6) is 0 Å². The average Bonchev–Trinajstić information content (AvgIpc) is 3.07. The number of hydrogen-bond acceptors (Lipinski definition) is 5. The summed E-state index contributed by atoms with van der Waals surface area (Å²) < 4.78 is 5.12. The van der Waals surface area contributed by atoms with Crippen molar-refractivity contribution in [2.45, 2.75) is 19.8 Å². The van der Waals surface area contributed by atoms with Crippen LogP contribution in [-0.4, -0.2) is 47.0 Å². The molecule has 1 aromatic carbocycles. The molecule has 0 bridgehead atoms. The SMILES string of the molecule is CNC(=O)C1CCN(C(=O)c2ccc(-c3nc(C)no3)cc2)CC1. The van der Waals surface area contributed by atoms with E-state index in [0.29, 0.717) is 43.2 Å². The Morgan fingerprint density at radius 2 is 1.88 bits per heavy atom. The molecule has 0 aliphatic carbocycles. The number of carbonyl (C=O) groups excluding carboxylic acids is 2. The van der Waals surface area contributed by atoms with Crippen LogP contribution in [0.25, 0.3) is 11.5 Å². The molecule has 2 amide bonds. The van der Waals surface area contributed by atoms with E-state index >= 15 is 0 Å². The van der Waals surface area contributed by atoms with E-state index in [0.717, 1.165) is 5.56 Å². The topological polar surface area (TPSA) is 88.3 Å². The number of aryl methyl sites for hydroxylation is 1. The van der Waals surface area contributed by atoms with Crippen molar-refractivity contribution >= 4 is 11.8 Å². The fourth-order valence-electron chi connectivity index (χ4n) is 2.90. The zero-order chi connectivity index (χ0) is 17.1. The monoisotopic (exact) mass is 328 g/mol. The quantitative estimate of drug-likeness (QED) is 0.925. The van der Waals surface area contributed by atoms with Crippen LogP contribution in [0.4, 0.5) is 0 Å². The van der Waals surface area contributed by atoms with Gasteiger partial charge in [0.25, 0.3) is 11.8 Å². The molecule has 1 fully saturated rings. The van der Waals surface area contributed by atoms with Gasteiger partial charge in [-0.25, -0.2) is 0 Å². The van der Waals surface area contributed by atoms with E-state index in [4.69, 9.17) is 4.52 Å². The summed E-state index contributed by atoms with van der Waals surface area (Å²) in [5.74, 6) is 1.06. The van der Waals surface area contributed by atoms with Gasteiger partial charge in [-0.3, -0.25) is 9.59 Å². The maximum atomic E-state index is 12.6. The van der Waals surface area contributed by atoms with Gasteiger partial charge < -0.3 is 14.7 Å². The molecule has 1 aliphatic rings. The predicted octanol–water partition coefficient (Wildman–Crippen LogP) is 1.64. The van der Waals surface area contributed by atoms with Crippen molar-refractivity contribution < 1.29 is 14.1 Å². The average molecular weight is 328 g/mol. The molecule has 1 N–H and O–H groups in total. The standard InChI is InChI=1S/C17H20N4O3/c1-11-19-16(24-20-11)13-3-5-14(6-4-13)17(23)21-9-7-12(8-10-21)15(22)18-2/h3-6,12H,7-10H2,1-2H3,(H,18,22). The maximum Gasteiger partial charge on any atom is 0.257 e. The van der Waals surface area contributed by atoms with E-state index in [1.807, 2.05) is 0 Å². The molecule has 2 aromatic rings. The maximum absolute atomic E-state index is 12.6.